The van der Waals surface area contributed by atoms with E-state index in [1.165, 1.54) is 36.8 Å². The Morgan fingerprint density at radius 2 is 2.30 bits per heavy atom. The van der Waals surface area contributed by atoms with Gasteiger partial charge in [0.1, 0.15) is 0 Å². The summed E-state index contributed by atoms with van der Waals surface area (Å²) in [6.07, 6.45) is 4.26. The van der Waals surface area contributed by atoms with Gasteiger partial charge in [-0.2, -0.15) is 12.6 Å². The largest absolute Gasteiger partial charge is 0.323 e. The van der Waals surface area contributed by atoms with E-state index in [1.54, 1.807) is 0 Å². The van der Waals surface area contributed by atoms with E-state index in [1.807, 2.05) is 0 Å². The van der Waals surface area contributed by atoms with Crippen LogP contribution in [0.25, 0.3) is 0 Å². The normalized spacial score (nSPS) is 53.4. The molecule has 2 heterocycles. The molecule has 0 saturated carbocycles. The standard InChI is InChI=1S/C8H15NS/c1-9-4-2-3-7(9)5-8(10)6-9/h7-8H,2-6H2,1H3/p+1. The Balaban J connectivity index is 2.15. The lowest BCUT2D eigenvalue weighted by atomic mass is 10.1. The zero-order valence-corrected chi connectivity index (χ0v) is 7.48. The fourth-order valence-electron chi connectivity index (χ4n) is 2.67. The van der Waals surface area contributed by atoms with E-state index in [4.69, 9.17) is 0 Å². The average molecular weight is 158 g/mol. The molecule has 0 spiro atoms. The van der Waals surface area contributed by atoms with Gasteiger partial charge < -0.3 is 4.48 Å². The Morgan fingerprint density at radius 3 is 3.00 bits per heavy atom. The Morgan fingerprint density at radius 1 is 1.50 bits per heavy atom. The molecule has 0 aromatic rings. The van der Waals surface area contributed by atoms with Gasteiger partial charge in [-0.05, 0) is 0 Å². The van der Waals surface area contributed by atoms with Crippen molar-refractivity contribution in [3.63, 3.8) is 0 Å². The lowest BCUT2D eigenvalue weighted by Crippen LogP contribution is -2.43. The van der Waals surface area contributed by atoms with Gasteiger partial charge in [-0.25, -0.2) is 0 Å². The molecule has 3 atom stereocenters. The van der Waals surface area contributed by atoms with Crippen molar-refractivity contribution in [3.8, 4) is 0 Å². The van der Waals surface area contributed by atoms with Crippen molar-refractivity contribution in [1.82, 2.24) is 0 Å². The number of fused-ring (bicyclic) bond motifs is 1. The minimum atomic E-state index is 0.690. The monoisotopic (exact) mass is 158 g/mol. The van der Waals surface area contributed by atoms with Crippen molar-refractivity contribution in [3.05, 3.63) is 0 Å². The highest BCUT2D eigenvalue weighted by molar-refractivity contribution is 7.81. The van der Waals surface area contributed by atoms with Crippen molar-refractivity contribution >= 4 is 12.6 Å². The zero-order valence-electron chi connectivity index (χ0n) is 6.58. The summed E-state index contributed by atoms with van der Waals surface area (Å²) in [5, 5.41) is 0.690. The van der Waals surface area contributed by atoms with Crippen LogP contribution in [0, 0.1) is 0 Å². The lowest BCUT2D eigenvalue weighted by molar-refractivity contribution is -0.908. The van der Waals surface area contributed by atoms with Crippen LogP contribution in [0.5, 0.6) is 0 Å². The maximum absolute atomic E-state index is 4.54. The third-order valence-corrected chi connectivity index (χ3v) is 3.63. The number of quaternary nitrogens is 1. The van der Waals surface area contributed by atoms with Crippen LogP contribution in [0.15, 0.2) is 0 Å². The highest BCUT2D eigenvalue weighted by atomic mass is 32.1. The minimum absolute atomic E-state index is 0.690. The fraction of sp³-hybridized carbons (Fsp3) is 1.00. The molecule has 0 N–H and O–H groups in total. The van der Waals surface area contributed by atoms with E-state index in [0.29, 0.717) is 5.25 Å². The number of hydrogen-bond acceptors (Lipinski definition) is 1. The van der Waals surface area contributed by atoms with Gasteiger partial charge in [0.2, 0.25) is 0 Å². The van der Waals surface area contributed by atoms with Gasteiger partial charge in [0.25, 0.3) is 0 Å². The quantitative estimate of drug-likeness (QED) is 0.399. The molecular formula is C8H16NS+. The van der Waals surface area contributed by atoms with Crippen LogP contribution >= 0.6 is 12.6 Å². The molecule has 2 aliphatic rings. The topological polar surface area (TPSA) is 0 Å². The molecule has 2 aliphatic heterocycles. The fourth-order valence-corrected chi connectivity index (χ4v) is 3.28. The van der Waals surface area contributed by atoms with Crippen molar-refractivity contribution in [2.45, 2.75) is 30.6 Å². The summed E-state index contributed by atoms with van der Waals surface area (Å²) in [5.74, 6) is 0. The first-order valence-corrected chi connectivity index (χ1v) is 4.75. The Hall–Kier alpha value is 0.310. The predicted octanol–water partition coefficient (Wildman–Crippen LogP) is 1.30. The van der Waals surface area contributed by atoms with Crippen LogP contribution in [0.3, 0.4) is 0 Å². The molecule has 0 aromatic heterocycles. The second-order valence-electron chi connectivity index (χ2n) is 4.07. The minimum Gasteiger partial charge on any atom is -0.323 e. The van der Waals surface area contributed by atoms with Gasteiger partial charge >= 0.3 is 0 Å². The maximum atomic E-state index is 4.54. The number of hydrogen-bond donors (Lipinski definition) is 1. The van der Waals surface area contributed by atoms with E-state index in [9.17, 15) is 0 Å². The van der Waals surface area contributed by atoms with E-state index >= 15 is 0 Å². The van der Waals surface area contributed by atoms with Crippen LogP contribution in [0.4, 0.5) is 0 Å². The van der Waals surface area contributed by atoms with Gasteiger partial charge in [-0.15, -0.1) is 0 Å². The van der Waals surface area contributed by atoms with Crippen LogP contribution in [-0.4, -0.2) is 35.9 Å². The van der Waals surface area contributed by atoms with Gasteiger partial charge in [-0.3, -0.25) is 0 Å². The van der Waals surface area contributed by atoms with Crippen molar-refractivity contribution in [2.75, 3.05) is 20.1 Å². The smallest absolute Gasteiger partial charge is 0.0907 e. The molecule has 0 aromatic carbocycles. The van der Waals surface area contributed by atoms with Crippen molar-refractivity contribution in [2.24, 2.45) is 0 Å². The van der Waals surface area contributed by atoms with Crippen LogP contribution < -0.4 is 0 Å². The molecule has 2 saturated heterocycles. The summed E-state index contributed by atoms with van der Waals surface area (Å²) in [4.78, 5) is 0. The third kappa shape index (κ3) is 0.892. The predicted molar refractivity (Wildman–Crippen MR) is 46.3 cm³/mol. The Bertz CT molecular complexity index is 148. The number of thiol groups is 1. The van der Waals surface area contributed by atoms with Crippen LogP contribution in [0.2, 0.25) is 0 Å². The third-order valence-electron chi connectivity index (χ3n) is 3.26. The zero-order chi connectivity index (χ0) is 7.19. The summed E-state index contributed by atoms with van der Waals surface area (Å²) in [6.45, 7) is 2.72. The first-order valence-electron chi connectivity index (χ1n) is 4.23. The molecule has 2 fully saturated rings. The van der Waals surface area contributed by atoms with Crippen molar-refractivity contribution in [1.29, 1.82) is 0 Å². The van der Waals surface area contributed by atoms with E-state index in [-0.39, 0.29) is 0 Å². The summed E-state index contributed by atoms with van der Waals surface area (Å²) in [5.41, 5.74) is 0. The van der Waals surface area contributed by atoms with Crippen LogP contribution in [0.1, 0.15) is 19.3 Å². The summed E-state index contributed by atoms with van der Waals surface area (Å²) >= 11 is 4.54. The van der Waals surface area contributed by atoms with Gasteiger partial charge in [-0.1, -0.05) is 0 Å². The summed E-state index contributed by atoms with van der Waals surface area (Å²) in [6, 6.07) is 0.961. The van der Waals surface area contributed by atoms with E-state index in [2.05, 4.69) is 19.7 Å². The van der Waals surface area contributed by atoms with Gasteiger partial charge in [0.05, 0.1) is 31.4 Å². The average Bonchev–Trinajstić information content (AvgIpc) is 2.20. The molecule has 0 radical (unpaired) electrons. The molecule has 2 heteroatoms. The molecule has 1 nitrogen and oxygen atoms in total. The van der Waals surface area contributed by atoms with E-state index < -0.39 is 0 Å². The highest BCUT2D eigenvalue weighted by Gasteiger charge is 2.45. The second kappa shape index (κ2) is 2.15. The SMILES string of the molecule is C[N+]12CCCC1CC(S)C2. The number of rotatable bonds is 0. The second-order valence-corrected chi connectivity index (χ2v) is 4.80. The molecule has 10 heavy (non-hydrogen) atoms. The molecular weight excluding hydrogens is 142 g/mol. The van der Waals surface area contributed by atoms with Gasteiger partial charge in [0, 0.05) is 19.3 Å². The molecule has 0 bridgehead atoms. The Labute approximate surface area is 68.4 Å². The summed E-state index contributed by atoms with van der Waals surface area (Å²) in [7, 11) is 2.40. The van der Waals surface area contributed by atoms with E-state index in [0.717, 1.165) is 6.04 Å². The van der Waals surface area contributed by atoms with Gasteiger partial charge in [0.15, 0.2) is 0 Å². The maximum Gasteiger partial charge on any atom is 0.0907 e. The highest BCUT2D eigenvalue weighted by Crippen LogP contribution is 2.36. The Kier molecular flexibility index (Phi) is 1.50. The first kappa shape index (κ1) is 6.99. The molecule has 0 amide bonds. The molecule has 2 rings (SSSR count). The molecule has 3 unspecified atom stereocenters. The summed E-state index contributed by atoms with van der Waals surface area (Å²) < 4.78 is 1.33. The van der Waals surface area contributed by atoms with Crippen LogP contribution in [-0.2, 0) is 0 Å². The van der Waals surface area contributed by atoms with Crippen molar-refractivity contribution < 1.29 is 4.48 Å². The molecule has 58 valence electrons. The first-order chi connectivity index (χ1) is 4.71. The lowest BCUT2D eigenvalue weighted by Gasteiger charge is -2.29. The number of nitrogens with zero attached hydrogens (tertiary/aromatic N) is 1. The molecule has 0 aliphatic carbocycles.